The second-order valence-corrected chi connectivity index (χ2v) is 7.26. The summed E-state index contributed by atoms with van der Waals surface area (Å²) in [7, 11) is 0. The predicted octanol–water partition coefficient (Wildman–Crippen LogP) is 3.39. The summed E-state index contributed by atoms with van der Waals surface area (Å²) in [6.07, 6.45) is 3.73. The van der Waals surface area contributed by atoms with Crippen molar-refractivity contribution in [2.45, 2.75) is 25.0 Å². The lowest BCUT2D eigenvalue weighted by Gasteiger charge is -2.35. The van der Waals surface area contributed by atoms with Gasteiger partial charge >= 0.3 is 5.97 Å². The highest BCUT2D eigenvalue weighted by molar-refractivity contribution is 6.01. The lowest BCUT2D eigenvalue weighted by molar-refractivity contribution is -0.131. The standard InChI is InChI=1S/C22H21NO4/c24-19-13-22(10-11-23(15-22)14-17-4-2-1-3-5-17)27-20-8-6-16(12-18(19)20)7-9-21(25)26/h1-9,12H,10-11,13-15H2,(H,25,26)/b9-7+. The molecule has 5 heteroatoms. The zero-order valence-corrected chi connectivity index (χ0v) is 14.9. The Morgan fingerprint density at radius 3 is 2.81 bits per heavy atom. The summed E-state index contributed by atoms with van der Waals surface area (Å²) in [5, 5.41) is 8.75. The SMILES string of the molecule is O=C(O)/C=C/c1ccc2c(c1)C(=O)CC1(CCN(Cc3ccccc3)C1)O2. The Bertz CT molecular complexity index is 906. The van der Waals surface area contributed by atoms with Crippen LogP contribution in [0.5, 0.6) is 5.75 Å². The molecule has 4 rings (SSSR count). The van der Waals surface area contributed by atoms with Crippen LogP contribution < -0.4 is 4.74 Å². The minimum Gasteiger partial charge on any atom is -0.485 e. The van der Waals surface area contributed by atoms with Gasteiger partial charge in [-0.15, -0.1) is 0 Å². The fourth-order valence-corrected chi connectivity index (χ4v) is 3.91. The van der Waals surface area contributed by atoms with Crippen LogP contribution in [0.15, 0.2) is 54.6 Å². The van der Waals surface area contributed by atoms with Crippen molar-refractivity contribution in [1.82, 2.24) is 4.90 Å². The largest absolute Gasteiger partial charge is 0.485 e. The Hall–Kier alpha value is -2.92. The van der Waals surface area contributed by atoms with Crippen LogP contribution >= 0.6 is 0 Å². The third-order valence-electron chi connectivity index (χ3n) is 5.18. The van der Waals surface area contributed by atoms with E-state index in [1.54, 1.807) is 18.2 Å². The van der Waals surface area contributed by atoms with E-state index in [0.717, 1.165) is 32.1 Å². The van der Waals surface area contributed by atoms with Gasteiger partial charge in [0, 0.05) is 32.1 Å². The van der Waals surface area contributed by atoms with Crippen molar-refractivity contribution in [3.8, 4) is 5.75 Å². The molecule has 1 spiro atoms. The zero-order valence-electron chi connectivity index (χ0n) is 14.9. The molecule has 1 atom stereocenters. The number of ketones is 1. The first kappa shape index (κ1) is 17.5. The van der Waals surface area contributed by atoms with Gasteiger partial charge in [-0.1, -0.05) is 36.4 Å². The molecule has 0 amide bonds. The van der Waals surface area contributed by atoms with Gasteiger partial charge in [-0.25, -0.2) is 4.79 Å². The Labute approximate surface area is 157 Å². The highest BCUT2D eigenvalue weighted by atomic mass is 16.5. The first-order chi connectivity index (χ1) is 13.0. The number of rotatable bonds is 4. The number of benzene rings is 2. The second kappa shape index (κ2) is 7.00. The number of carbonyl (C=O) groups excluding carboxylic acids is 1. The van der Waals surface area contributed by atoms with Crippen LogP contribution in [-0.4, -0.2) is 40.4 Å². The summed E-state index contributed by atoms with van der Waals surface area (Å²) in [6, 6.07) is 15.6. The van der Waals surface area contributed by atoms with E-state index >= 15 is 0 Å². The number of carboxylic acids is 1. The van der Waals surface area contributed by atoms with E-state index in [1.807, 2.05) is 18.2 Å². The number of aliphatic carboxylic acids is 1. The number of ether oxygens (including phenoxy) is 1. The Kier molecular flexibility index (Phi) is 4.54. The summed E-state index contributed by atoms with van der Waals surface area (Å²) in [5.41, 5.74) is 2.01. The molecule has 1 unspecified atom stereocenters. The van der Waals surface area contributed by atoms with Gasteiger partial charge in [-0.3, -0.25) is 9.69 Å². The quantitative estimate of drug-likeness (QED) is 0.844. The molecular formula is C22H21NO4. The summed E-state index contributed by atoms with van der Waals surface area (Å²) in [5.74, 6) is -0.359. The number of Topliss-reactive ketones (excluding diaryl/α,β-unsaturated/α-hetero) is 1. The molecule has 2 heterocycles. The molecule has 0 aliphatic carbocycles. The normalized spacial score (nSPS) is 22.1. The molecule has 5 nitrogen and oxygen atoms in total. The van der Waals surface area contributed by atoms with Gasteiger partial charge in [0.05, 0.1) is 12.0 Å². The van der Waals surface area contributed by atoms with Gasteiger partial charge in [-0.05, 0) is 29.3 Å². The number of carboxylic acid groups (broad SMARTS) is 1. The van der Waals surface area contributed by atoms with Crippen LogP contribution in [0.2, 0.25) is 0 Å². The maximum atomic E-state index is 12.8. The lowest BCUT2D eigenvalue weighted by Crippen LogP contribution is -2.44. The highest BCUT2D eigenvalue weighted by Gasteiger charge is 2.45. The average molecular weight is 363 g/mol. The number of hydrogen-bond acceptors (Lipinski definition) is 4. The maximum Gasteiger partial charge on any atom is 0.328 e. The number of fused-ring (bicyclic) bond motifs is 1. The van der Waals surface area contributed by atoms with Crippen LogP contribution in [0.4, 0.5) is 0 Å². The summed E-state index contributed by atoms with van der Waals surface area (Å²) in [4.78, 5) is 25.8. The molecule has 2 aromatic rings. The molecular weight excluding hydrogens is 342 g/mol. The van der Waals surface area contributed by atoms with Crippen molar-refractivity contribution < 1.29 is 19.4 Å². The molecule has 1 fully saturated rings. The van der Waals surface area contributed by atoms with Crippen LogP contribution in [0.3, 0.4) is 0 Å². The Balaban J connectivity index is 1.50. The maximum absolute atomic E-state index is 12.8. The predicted molar refractivity (Wildman–Crippen MR) is 102 cm³/mol. The highest BCUT2D eigenvalue weighted by Crippen LogP contribution is 2.39. The Morgan fingerprint density at radius 1 is 1.22 bits per heavy atom. The van der Waals surface area contributed by atoms with E-state index in [4.69, 9.17) is 9.84 Å². The van der Waals surface area contributed by atoms with Gasteiger partial charge in [0.25, 0.3) is 0 Å². The van der Waals surface area contributed by atoms with E-state index in [1.165, 1.54) is 11.6 Å². The van der Waals surface area contributed by atoms with Crippen LogP contribution in [-0.2, 0) is 11.3 Å². The molecule has 2 aliphatic rings. The molecule has 2 aliphatic heterocycles. The fourth-order valence-electron chi connectivity index (χ4n) is 3.91. The monoisotopic (exact) mass is 363 g/mol. The molecule has 1 saturated heterocycles. The van der Waals surface area contributed by atoms with Crippen LogP contribution in [0, 0.1) is 0 Å². The number of hydrogen-bond donors (Lipinski definition) is 1. The van der Waals surface area contributed by atoms with E-state index in [9.17, 15) is 9.59 Å². The Morgan fingerprint density at radius 2 is 2.04 bits per heavy atom. The van der Waals surface area contributed by atoms with E-state index in [2.05, 4.69) is 17.0 Å². The molecule has 2 aromatic carbocycles. The second-order valence-electron chi connectivity index (χ2n) is 7.26. The van der Waals surface area contributed by atoms with Crippen molar-refractivity contribution in [2.75, 3.05) is 13.1 Å². The minimum absolute atomic E-state index is 0.0587. The van der Waals surface area contributed by atoms with Gasteiger partial charge in [0.2, 0.25) is 0 Å². The summed E-state index contributed by atoms with van der Waals surface area (Å²) in [6.45, 7) is 2.48. The molecule has 1 N–H and O–H groups in total. The molecule has 0 aromatic heterocycles. The fraction of sp³-hybridized carbons (Fsp3) is 0.273. The van der Waals surface area contributed by atoms with Crippen LogP contribution in [0.1, 0.15) is 34.3 Å². The van der Waals surface area contributed by atoms with Gasteiger partial charge in [0.15, 0.2) is 5.78 Å². The van der Waals surface area contributed by atoms with Gasteiger partial charge in [0.1, 0.15) is 11.4 Å². The molecule has 138 valence electrons. The number of likely N-dealkylation sites (tertiary alicyclic amines) is 1. The molecule has 0 saturated carbocycles. The molecule has 27 heavy (non-hydrogen) atoms. The molecule has 0 bridgehead atoms. The van der Waals surface area contributed by atoms with E-state index in [0.29, 0.717) is 23.3 Å². The smallest absolute Gasteiger partial charge is 0.328 e. The summed E-state index contributed by atoms with van der Waals surface area (Å²) >= 11 is 0. The van der Waals surface area contributed by atoms with Crippen molar-refractivity contribution in [3.05, 3.63) is 71.3 Å². The van der Waals surface area contributed by atoms with Gasteiger partial charge < -0.3 is 9.84 Å². The average Bonchev–Trinajstić information content (AvgIpc) is 3.02. The van der Waals surface area contributed by atoms with E-state index in [-0.39, 0.29) is 5.78 Å². The third-order valence-corrected chi connectivity index (χ3v) is 5.18. The van der Waals surface area contributed by atoms with Gasteiger partial charge in [-0.2, -0.15) is 0 Å². The van der Waals surface area contributed by atoms with Crippen molar-refractivity contribution in [3.63, 3.8) is 0 Å². The topological polar surface area (TPSA) is 66.8 Å². The number of carbonyl (C=O) groups is 2. The summed E-state index contributed by atoms with van der Waals surface area (Å²) < 4.78 is 6.30. The van der Waals surface area contributed by atoms with E-state index < -0.39 is 11.6 Å². The van der Waals surface area contributed by atoms with Crippen molar-refractivity contribution >= 4 is 17.8 Å². The first-order valence-electron chi connectivity index (χ1n) is 9.07. The third kappa shape index (κ3) is 3.78. The van der Waals surface area contributed by atoms with Crippen molar-refractivity contribution in [1.29, 1.82) is 0 Å². The van der Waals surface area contributed by atoms with Crippen molar-refractivity contribution in [2.24, 2.45) is 0 Å². The lowest BCUT2D eigenvalue weighted by atomic mass is 9.88. The van der Waals surface area contributed by atoms with Crippen LogP contribution in [0.25, 0.3) is 6.08 Å². The first-order valence-corrected chi connectivity index (χ1v) is 9.07. The minimum atomic E-state index is -1.02. The zero-order chi connectivity index (χ0) is 18.9. The number of nitrogens with zero attached hydrogens (tertiary/aromatic N) is 1. The molecule has 0 radical (unpaired) electrons.